The second kappa shape index (κ2) is 9.08. The number of aromatic nitrogens is 2. The number of nitrogens with zero attached hydrogens (tertiary/aromatic N) is 2. The Bertz CT molecular complexity index is 1180. The molecule has 2 aromatic carbocycles. The largest absolute Gasteiger partial charge is 0.459 e. The van der Waals surface area contributed by atoms with Crippen LogP contribution in [0.2, 0.25) is 0 Å². The molecule has 156 valence electrons. The van der Waals surface area contributed by atoms with Crippen LogP contribution in [-0.2, 0) is 0 Å². The highest BCUT2D eigenvalue weighted by Crippen LogP contribution is 2.26. The SMILES string of the molecule is Cc1ccccc1-c1nnc(-c2ccc(C(=O)NCCNC(=O)c3ccco3)cc2)o1. The summed E-state index contributed by atoms with van der Waals surface area (Å²) < 4.78 is 10.8. The maximum atomic E-state index is 12.3. The van der Waals surface area contributed by atoms with Crippen LogP contribution in [0.3, 0.4) is 0 Å². The molecule has 8 nitrogen and oxygen atoms in total. The van der Waals surface area contributed by atoms with E-state index in [4.69, 9.17) is 8.83 Å². The Morgan fingerprint density at radius 3 is 2.26 bits per heavy atom. The number of amides is 2. The van der Waals surface area contributed by atoms with Crippen LogP contribution in [0.4, 0.5) is 0 Å². The van der Waals surface area contributed by atoms with E-state index in [1.54, 1.807) is 36.4 Å². The Hall–Kier alpha value is -4.20. The smallest absolute Gasteiger partial charge is 0.287 e. The molecule has 0 fully saturated rings. The summed E-state index contributed by atoms with van der Waals surface area (Å²) in [6.45, 7) is 2.55. The number of carbonyl (C=O) groups is 2. The normalized spacial score (nSPS) is 10.6. The van der Waals surface area contributed by atoms with Crippen LogP contribution < -0.4 is 10.6 Å². The fraction of sp³-hybridized carbons (Fsp3) is 0.130. The number of furan rings is 1. The Balaban J connectivity index is 1.32. The molecule has 0 saturated carbocycles. The molecule has 8 heteroatoms. The van der Waals surface area contributed by atoms with Crippen molar-refractivity contribution >= 4 is 11.8 Å². The van der Waals surface area contributed by atoms with Crippen molar-refractivity contribution in [3.05, 3.63) is 83.8 Å². The topological polar surface area (TPSA) is 110 Å². The molecule has 4 aromatic rings. The predicted octanol–water partition coefficient (Wildman–Crippen LogP) is 3.46. The van der Waals surface area contributed by atoms with E-state index in [9.17, 15) is 9.59 Å². The van der Waals surface area contributed by atoms with E-state index >= 15 is 0 Å². The van der Waals surface area contributed by atoms with Crippen LogP contribution in [0.5, 0.6) is 0 Å². The second-order valence-corrected chi connectivity index (χ2v) is 6.79. The van der Waals surface area contributed by atoms with Gasteiger partial charge in [-0.05, 0) is 55.0 Å². The van der Waals surface area contributed by atoms with Gasteiger partial charge in [-0.1, -0.05) is 18.2 Å². The average Bonchev–Trinajstić information content (AvgIpc) is 3.49. The van der Waals surface area contributed by atoms with Crippen molar-refractivity contribution < 1.29 is 18.4 Å². The van der Waals surface area contributed by atoms with Crippen LogP contribution >= 0.6 is 0 Å². The maximum absolute atomic E-state index is 12.3. The van der Waals surface area contributed by atoms with E-state index in [1.807, 2.05) is 31.2 Å². The van der Waals surface area contributed by atoms with Gasteiger partial charge in [-0.3, -0.25) is 9.59 Å². The molecule has 0 atom stereocenters. The molecule has 4 rings (SSSR count). The zero-order valence-corrected chi connectivity index (χ0v) is 16.8. The van der Waals surface area contributed by atoms with Crippen LogP contribution in [-0.4, -0.2) is 35.1 Å². The van der Waals surface area contributed by atoms with E-state index < -0.39 is 0 Å². The molecule has 2 heterocycles. The van der Waals surface area contributed by atoms with E-state index in [0.29, 0.717) is 17.3 Å². The summed E-state index contributed by atoms with van der Waals surface area (Å²) in [5.41, 5.74) is 3.14. The van der Waals surface area contributed by atoms with E-state index in [1.165, 1.54) is 6.26 Å². The van der Waals surface area contributed by atoms with Crippen LogP contribution in [0.15, 0.2) is 75.8 Å². The van der Waals surface area contributed by atoms with Gasteiger partial charge in [0, 0.05) is 29.8 Å². The lowest BCUT2D eigenvalue weighted by molar-refractivity contribution is 0.0910. The van der Waals surface area contributed by atoms with Crippen molar-refractivity contribution in [2.24, 2.45) is 0 Å². The monoisotopic (exact) mass is 416 g/mol. The van der Waals surface area contributed by atoms with Gasteiger partial charge >= 0.3 is 0 Å². The Morgan fingerprint density at radius 1 is 0.839 bits per heavy atom. The van der Waals surface area contributed by atoms with Gasteiger partial charge in [0.05, 0.1) is 6.26 Å². The summed E-state index contributed by atoms with van der Waals surface area (Å²) in [5.74, 6) is 0.490. The highest BCUT2D eigenvalue weighted by Gasteiger charge is 2.13. The zero-order valence-electron chi connectivity index (χ0n) is 16.8. The first kappa shape index (κ1) is 20.1. The summed E-state index contributed by atoms with van der Waals surface area (Å²) in [6.07, 6.45) is 1.43. The van der Waals surface area contributed by atoms with Gasteiger partial charge in [0.2, 0.25) is 11.8 Å². The van der Waals surface area contributed by atoms with Crippen LogP contribution in [0.25, 0.3) is 22.9 Å². The number of rotatable bonds is 7. The molecule has 0 saturated heterocycles. The first-order valence-corrected chi connectivity index (χ1v) is 9.71. The molecule has 0 aliphatic rings. The van der Waals surface area contributed by atoms with Gasteiger partial charge in [0.15, 0.2) is 5.76 Å². The van der Waals surface area contributed by atoms with Crippen molar-refractivity contribution in [2.75, 3.05) is 13.1 Å². The van der Waals surface area contributed by atoms with Crippen molar-refractivity contribution in [3.63, 3.8) is 0 Å². The molecule has 31 heavy (non-hydrogen) atoms. The minimum atomic E-state index is -0.326. The maximum Gasteiger partial charge on any atom is 0.287 e. The molecule has 0 spiro atoms. The molecule has 2 amide bonds. The third-order valence-corrected chi connectivity index (χ3v) is 4.64. The number of hydrogen-bond acceptors (Lipinski definition) is 6. The van der Waals surface area contributed by atoms with Crippen LogP contribution in [0, 0.1) is 6.92 Å². The van der Waals surface area contributed by atoms with Crippen molar-refractivity contribution in [2.45, 2.75) is 6.92 Å². The molecule has 2 aromatic heterocycles. The Labute approximate surface area is 178 Å². The van der Waals surface area contributed by atoms with Crippen molar-refractivity contribution in [3.8, 4) is 22.9 Å². The molecule has 0 bridgehead atoms. The van der Waals surface area contributed by atoms with Crippen molar-refractivity contribution in [1.82, 2.24) is 20.8 Å². The number of nitrogens with one attached hydrogen (secondary N) is 2. The third-order valence-electron chi connectivity index (χ3n) is 4.64. The zero-order chi connectivity index (χ0) is 21.6. The predicted molar refractivity (Wildman–Crippen MR) is 113 cm³/mol. The number of hydrogen-bond donors (Lipinski definition) is 2. The lowest BCUT2D eigenvalue weighted by Gasteiger charge is -2.06. The van der Waals surface area contributed by atoms with E-state index in [-0.39, 0.29) is 30.7 Å². The van der Waals surface area contributed by atoms with Gasteiger partial charge in [-0.15, -0.1) is 10.2 Å². The lowest BCUT2D eigenvalue weighted by atomic mass is 10.1. The van der Waals surface area contributed by atoms with Gasteiger partial charge in [-0.25, -0.2) is 0 Å². The number of aryl methyl sites for hydroxylation is 1. The molecular weight excluding hydrogens is 396 g/mol. The van der Waals surface area contributed by atoms with Crippen LogP contribution in [0.1, 0.15) is 26.5 Å². The first-order valence-electron chi connectivity index (χ1n) is 9.71. The highest BCUT2D eigenvalue weighted by atomic mass is 16.4. The minimum absolute atomic E-state index is 0.230. The molecule has 0 aliphatic heterocycles. The Morgan fingerprint density at radius 2 is 1.55 bits per heavy atom. The van der Waals surface area contributed by atoms with E-state index in [0.717, 1.165) is 16.7 Å². The minimum Gasteiger partial charge on any atom is -0.459 e. The van der Waals surface area contributed by atoms with Gasteiger partial charge < -0.3 is 19.5 Å². The second-order valence-electron chi connectivity index (χ2n) is 6.79. The summed E-state index contributed by atoms with van der Waals surface area (Å²) >= 11 is 0. The molecular formula is C23H20N4O4. The summed E-state index contributed by atoms with van der Waals surface area (Å²) in [6, 6.07) is 17.9. The lowest BCUT2D eigenvalue weighted by Crippen LogP contribution is -2.34. The standard InChI is InChI=1S/C23H20N4O4/c1-15-5-2-3-6-18(15)23-27-26-22(31-23)17-10-8-16(9-11-17)20(28)24-12-13-25-21(29)19-7-4-14-30-19/h2-11,14H,12-13H2,1H3,(H,24,28)(H,25,29). The molecule has 2 N–H and O–H groups in total. The van der Waals surface area contributed by atoms with E-state index in [2.05, 4.69) is 20.8 Å². The third kappa shape index (κ3) is 4.69. The average molecular weight is 416 g/mol. The first-order chi connectivity index (χ1) is 15.1. The fourth-order valence-corrected chi connectivity index (χ4v) is 2.97. The van der Waals surface area contributed by atoms with Gasteiger partial charge in [0.1, 0.15) is 0 Å². The van der Waals surface area contributed by atoms with Gasteiger partial charge in [-0.2, -0.15) is 0 Å². The van der Waals surface area contributed by atoms with Crippen molar-refractivity contribution in [1.29, 1.82) is 0 Å². The molecule has 0 radical (unpaired) electrons. The summed E-state index contributed by atoms with van der Waals surface area (Å²) in [7, 11) is 0. The highest BCUT2D eigenvalue weighted by molar-refractivity contribution is 5.94. The van der Waals surface area contributed by atoms with Gasteiger partial charge in [0.25, 0.3) is 11.8 Å². The molecule has 0 aliphatic carbocycles. The Kier molecular flexibility index (Phi) is 5.89. The number of carbonyl (C=O) groups excluding carboxylic acids is 2. The summed E-state index contributed by atoms with van der Waals surface area (Å²) in [5, 5.41) is 13.7. The molecule has 0 unspecified atom stereocenters. The summed E-state index contributed by atoms with van der Waals surface area (Å²) in [4.78, 5) is 24.1. The fourth-order valence-electron chi connectivity index (χ4n) is 2.97. The number of benzene rings is 2. The quantitative estimate of drug-likeness (QED) is 0.447.